The molecule has 0 amide bonds. The lowest BCUT2D eigenvalue weighted by Crippen LogP contribution is -2.41. The molecule has 0 saturated heterocycles. The lowest BCUT2D eigenvalue weighted by Gasteiger charge is -2.23. The Morgan fingerprint density at radius 3 is 2.70 bits per heavy atom. The first-order chi connectivity index (χ1) is 9.48. The standard InChI is InChI=1S/C16H23NO3/c1-4-12-13-7-5-6-8-14(13)20-15(12)11(2)17-9-16(3,19)10-18/h5-8,11,17-19H,4,9-10H2,1-3H3. The van der Waals surface area contributed by atoms with Gasteiger partial charge in [-0.25, -0.2) is 0 Å². The van der Waals surface area contributed by atoms with E-state index in [1.165, 1.54) is 5.56 Å². The van der Waals surface area contributed by atoms with Crippen LogP contribution >= 0.6 is 0 Å². The number of aryl methyl sites for hydroxylation is 1. The SMILES string of the molecule is CCc1c(C(C)NCC(C)(O)CO)oc2ccccc12. The van der Waals surface area contributed by atoms with Crippen LogP contribution in [0.15, 0.2) is 28.7 Å². The number of benzene rings is 1. The van der Waals surface area contributed by atoms with Crippen molar-refractivity contribution in [2.75, 3.05) is 13.2 Å². The van der Waals surface area contributed by atoms with E-state index in [9.17, 15) is 5.11 Å². The van der Waals surface area contributed by atoms with E-state index in [4.69, 9.17) is 9.52 Å². The van der Waals surface area contributed by atoms with Crippen LogP contribution in [-0.2, 0) is 6.42 Å². The number of nitrogens with one attached hydrogen (secondary N) is 1. The average Bonchev–Trinajstić information content (AvgIpc) is 2.83. The second-order valence-electron chi connectivity index (χ2n) is 5.55. The summed E-state index contributed by atoms with van der Waals surface area (Å²) in [6, 6.07) is 7.99. The Hall–Kier alpha value is -1.36. The number of furan rings is 1. The summed E-state index contributed by atoms with van der Waals surface area (Å²) in [4.78, 5) is 0. The van der Waals surface area contributed by atoms with E-state index < -0.39 is 5.60 Å². The molecular formula is C16H23NO3. The van der Waals surface area contributed by atoms with Crippen molar-refractivity contribution >= 4 is 11.0 Å². The number of hydrogen-bond donors (Lipinski definition) is 3. The van der Waals surface area contributed by atoms with Crippen LogP contribution in [0.3, 0.4) is 0 Å². The Bertz CT molecular complexity index is 574. The Balaban J connectivity index is 2.23. The minimum absolute atomic E-state index is 0.0182. The molecule has 2 aromatic rings. The van der Waals surface area contributed by atoms with Gasteiger partial charge in [0, 0.05) is 17.5 Å². The predicted molar refractivity (Wildman–Crippen MR) is 79.7 cm³/mol. The van der Waals surface area contributed by atoms with Crippen LogP contribution < -0.4 is 5.32 Å². The summed E-state index contributed by atoms with van der Waals surface area (Å²) < 4.78 is 5.94. The zero-order valence-corrected chi connectivity index (χ0v) is 12.3. The third-order valence-electron chi connectivity index (χ3n) is 3.61. The molecule has 1 aromatic carbocycles. The molecule has 0 saturated carbocycles. The molecule has 0 spiro atoms. The number of fused-ring (bicyclic) bond motifs is 1. The fraction of sp³-hybridized carbons (Fsp3) is 0.500. The molecule has 1 aromatic heterocycles. The third kappa shape index (κ3) is 3.03. The van der Waals surface area contributed by atoms with Crippen molar-refractivity contribution in [3.63, 3.8) is 0 Å². The smallest absolute Gasteiger partial charge is 0.134 e. The van der Waals surface area contributed by atoms with Crippen molar-refractivity contribution in [3.8, 4) is 0 Å². The molecule has 0 radical (unpaired) electrons. The maximum absolute atomic E-state index is 9.84. The number of para-hydroxylation sites is 1. The van der Waals surface area contributed by atoms with Gasteiger partial charge in [-0.1, -0.05) is 25.1 Å². The molecule has 4 heteroatoms. The number of rotatable bonds is 6. The minimum Gasteiger partial charge on any atom is -0.459 e. The van der Waals surface area contributed by atoms with Gasteiger partial charge in [0.2, 0.25) is 0 Å². The maximum Gasteiger partial charge on any atom is 0.134 e. The third-order valence-corrected chi connectivity index (χ3v) is 3.61. The van der Waals surface area contributed by atoms with Crippen LogP contribution in [0, 0.1) is 0 Å². The lowest BCUT2D eigenvalue weighted by molar-refractivity contribution is 0.000662. The number of aliphatic hydroxyl groups is 2. The van der Waals surface area contributed by atoms with E-state index in [0.29, 0.717) is 6.54 Å². The van der Waals surface area contributed by atoms with E-state index in [0.717, 1.165) is 23.2 Å². The highest BCUT2D eigenvalue weighted by molar-refractivity contribution is 5.82. The second-order valence-corrected chi connectivity index (χ2v) is 5.55. The van der Waals surface area contributed by atoms with Crippen LogP contribution in [0.4, 0.5) is 0 Å². The highest BCUT2D eigenvalue weighted by atomic mass is 16.3. The molecule has 0 bridgehead atoms. The van der Waals surface area contributed by atoms with Crippen molar-refractivity contribution in [1.29, 1.82) is 0 Å². The Morgan fingerprint density at radius 2 is 2.05 bits per heavy atom. The first kappa shape index (κ1) is 15.0. The highest BCUT2D eigenvalue weighted by Crippen LogP contribution is 2.30. The van der Waals surface area contributed by atoms with Gasteiger partial charge in [0.15, 0.2) is 0 Å². The summed E-state index contributed by atoms with van der Waals surface area (Å²) in [7, 11) is 0. The first-order valence-electron chi connectivity index (χ1n) is 7.05. The van der Waals surface area contributed by atoms with E-state index in [2.05, 4.69) is 18.3 Å². The van der Waals surface area contributed by atoms with Crippen LogP contribution in [0.5, 0.6) is 0 Å². The molecular weight excluding hydrogens is 254 g/mol. The maximum atomic E-state index is 9.84. The summed E-state index contributed by atoms with van der Waals surface area (Å²) in [5.74, 6) is 0.905. The molecule has 3 N–H and O–H groups in total. The van der Waals surface area contributed by atoms with Crippen molar-refractivity contribution in [2.24, 2.45) is 0 Å². The van der Waals surface area contributed by atoms with E-state index in [-0.39, 0.29) is 12.6 Å². The molecule has 2 rings (SSSR count). The van der Waals surface area contributed by atoms with E-state index >= 15 is 0 Å². The van der Waals surface area contributed by atoms with Gasteiger partial charge < -0.3 is 19.9 Å². The summed E-state index contributed by atoms with van der Waals surface area (Å²) in [6.45, 7) is 5.76. The Labute approximate surface area is 119 Å². The van der Waals surface area contributed by atoms with Gasteiger partial charge in [-0.2, -0.15) is 0 Å². The Morgan fingerprint density at radius 1 is 1.35 bits per heavy atom. The van der Waals surface area contributed by atoms with Crippen molar-refractivity contribution in [3.05, 3.63) is 35.6 Å². The molecule has 2 atom stereocenters. The predicted octanol–water partition coefficient (Wildman–Crippen LogP) is 2.39. The molecule has 0 aliphatic rings. The molecule has 0 aliphatic carbocycles. The normalized spacial score (nSPS) is 16.2. The quantitative estimate of drug-likeness (QED) is 0.758. The van der Waals surface area contributed by atoms with E-state index in [1.54, 1.807) is 6.92 Å². The summed E-state index contributed by atoms with van der Waals surface area (Å²) in [5, 5.41) is 23.3. The average molecular weight is 277 g/mol. The fourth-order valence-corrected chi connectivity index (χ4v) is 2.35. The topological polar surface area (TPSA) is 65.6 Å². The van der Waals surface area contributed by atoms with Gasteiger partial charge in [-0.15, -0.1) is 0 Å². The molecule has 20 heavy (non-hydrogen) atoms. The van der Waals surface area contributed by atoms with Gasteiger partial charge in [-0.05, 0) is 26.3 Å². The van der Waals surface area contributed by atoms with Crippen molar-refractivity contribution in [1.82, 2.24) is 5.32 Å². The van der Waals surface area contributed by atoms with Gasteiger partial charge in [-0.3, -0.25) is 0 Å². The zero-order valence-electron chi connectivity index (χ0n) is 12.3. The van der Waals surface area contributed by atoms with Gasteiger partial charge in [0.1, 0.15) is 11.3 Å². The van der Waals surface area contributed by atoms with Gasteiger partial charge >= 0.3 is 0 Å². The molecule has 0 fully saturated rings. The van der Waals surface area contributed by atoms with Crippen LogP contribution in [0.25, 0.3) is 11.0 Å². The van der Waals surface area contributed by atoms with Crippen molar-refractivity contribution in [2.45, 2.75) is 38.8 Å². The fourth-order valence-electron chi connectivity index (χ4n) is 2.35. The molecule has 0 aliphatic heterocycles. The number of aliphatic hydroxyl groups excluding tert-OH is 1. The number of hydrogen-bond acceptors (Lipinski definition) is 4. The molecule has 2 unspecified atom stereocenters. The summed E-state index contributed by atoms with van der Waals surface area (Å²) in [6.07, 6.45) is 0.898. The van der Waals surface area contributed by atoms with Crippen molar-refractivity contribution < 1.29 is 14.6 Å². The van der Waals surface area contributed by atoms with Crippen LogP contribution in [0.2, 0.25) is 0 Å². The van der Waals surface area contributed by atoms with Gasteiger partial charge in [0.25, 0.3) is 0 Å². The lowest BCUT2D eigenvalue weighted by atomic mass is 10.0. The summed E-state index contributed by atoms with van der Waals surface area (Å²) in [5.41, 5.74) is 0.971. The Kier molecular flexibility index (Phi) is 4.48. The van der Waals surface area contributed by atoms with E-state index in [1.807, 2.05) is 25.1 Å². The highest BCUT2D eigenvalue weighted by Gasteiger charge is 2.23. The van der Waals surface area contributed by atoms with Crippen LogP contribution in [0.1, 0.15) is 38.1 Å². The molecule has 1 heterocycles. The largest absolute Gasteiger partial charge is 0.459 e. The monoisotopic (exact) mass is 277 g/mol. The molecule has 4 nitrogen and oxygen atoms in total. The summed E-state index contributed by atoms with van der Waals surface area (Å²) >= 11 is 0. The first-order valence-corrected chi connectivity index (χ1v) is 7.05. The second kappa shape index (κ2) is 5.95. The van der Waals surface area contributed by atoms with Gasteiger partial charge in [0.05, 0.1) is 18.2 Å². The minimum atomic E-state index is -1.12. The van der Waals surface area contributed by atoms with Crippen LogP contribution in [-0.4, -0.2) is 29.0 Å². The zero-order chi connectivity index (χ0) is 14.8. The molecule has 110 valence electrons.